The van der Waals surface area contributed by atoms with Crippen LogP contribution in [0, 0.1) is 11.7 Å². The summed E-state index contributed by atoms with van der Waals surface area (Å²) in [4.78, 5) is 35.4. The van der Waals surface area contributed by atoms with Gasteiger partial charge < -0.3 is 14.8 Å². The first-order valence-electron chi connectivity index (χ1n) is 8.51. The van der Waals surface area contributed by atoms with Gasteiger partial charge in [-0.3, -0.25) is 10.1 Å². The summed E-state index contributed by atoms with van der Waals surface area (Å²) in [7, 11) is 1.37. The van der Waals surface area contributed by atoms with Crippen molar-refractivity contribution in [2.24, 2.45) is 5.92 Å². The maximum Gasteiger partial charge on any atom is 0.341 e. The average molecular weight is 366 g/mol. The van der Waals surface area contributed by atoms with E-state index in [2.05, 4.69) is 17.6 Å². The van der Waals surface area contributed by atoms with Crippen molar-refractivity contribution in [1.82, 2.24) is 10.6 Å². The SMILES string of the molecule is COc1ccc(C(=O)OCC(=O)NC(=O)N[C@@H]2CCCC[C@H]2C)c(F)c1. The number of esters is 1. The van der Waals surface area contributed by atoms with E-state index in [0.717, 1.165) is 31.7 Å². The second kappa shape index (κ2) is 9.17. The number of rotatable bonds is 5. The van der Waals surface area contributed by atoms with Crippen LogP contribution < -0.4 is 15.4 Å². The van der Waals surface area contributed by atoms with Crippen LogP contribution in [-0.4, -0.2) is 37.7 Å². The molecule has 0 unspecified atom stereocenters. The van der Waals surface area contributed by atoms with Crippen molar-refractivity contribution < 1.29 is 28.2 Å². The average Bonchev–Trinajstić information content (AvgIpc) is 2.61. The van der Waals surface area contributed by atoms with Gasteiger partial charge in [0, 0.05) is 12.1 Å². The summed E-state index contributed by atoms with van der Waals surface area (Å²) in [6.07, 6.45) is 4.07. The van der Waals surface area contributed by atoms with Crippen molar-refractivity contribution in [2.75, 3.05) is 13.7 Å². The van der Waals surface area contributed by atoms with E-state index in [1.807, 2.05) is 0 Å². The second-order valence-corrected chi connectivity index (χ2v) is 6.31. The number of hydrogen-bond donors (Lipinski definition) is 2. The number of amides is 3. The Balaban J connectivity index is 1.79. The van der Waals surface area contributed by atoms with Gasteiger partial charge in [0.15, 0.2) is 6.61 Å². The van der Waals surface area contributed by atoms with Gasteiger partial charge in [0.1, 0.15) is 11.6 Å². The molecule has 7 nitrogen and oxygen atoms in total. The van der Waals surface area contributed by atoms with Crippen molar-refractivity contribution in [1.29, 1.82) is 0 Å². The Labute approximate surface area is 151 Å². The molecule has 0 saturated heterocycles. The molecule has 8 heteroatoms. The van der Waals surface area contributed by atoms with Crippen LogP contribution in [0.4, 0.5) is 9.18 Å². The number of urea groups is 1. The summed E-state index contributed by atoms with van der Waals surface area (Å²) < 4.78 is 23.4. The van der Waals surface area contributed by atoms with E-state index in [4.69, 9.17) is 9.47 Å². The molecule has 3 amide bonds. The van der Waals surface area contributed by atoms with E-state index in [0.29, 0.717) is 5.92 Å². The van der Waals surface area contributed by atoms with E-state index in [1.54, 1.807) is 0 Å². The van der Waals surface area contributed by atoms with Gasteiger partial charge in [-0.15, -0.1) is 0 Å². The minimum absolute atomic E-state index is 0.0208. The zero-order valence-electron chi connectivity index (χ0n) is 14.8. The molecule has 0 heterocycles. The molecule has 1 fully saturated rings. The fourth-order valence-corrected chi connectivity index (χ4v) is 2.90. The van der Waals surface area contributed by atoms with Crippen LogP contribution in [0.15, 0.2) is 18.2 Å². The van der Waals surface area contributed by atoms with E-state index < -0.39 is 30.3 Å². The standard InChI is InChI=1S/C18H23FN2O5/c1-11-5-3-4-6-15(11)20-18(24)21-16(22)10-26-17(23)13-8-7-12(25-2)9-14(13)19/h7-9,11,15H,3-6,10H2,1-2H3,(H2,20,21,22,24)/t11-,15-/m1/s1. The van der Waals surface area contributed by atoms with E-state index in [-0.39, 0.29) is 17.4 Å². The predicted molar refractivity (Wildman–Crippen MR) is 91.3 cm³/mol. The van der Waals surface area contributed by atoms with E-state index in [9.17, 15) is 18.8 Å². The third-order valence-electron chi connectivity index (χ3n) is 4.41. The zero-order chi connectivity index (χ0) is 19.1. The number of methoxy groups -OCH3 is 1. The Bertz CT molecular complexity index is 680. The van der Waals surface area contributed by atoms with Crippen LogP contribution in [0.25, 0.3) is 0 Å². The predicted octanol–water partition coefficient (Wildman–Crippen LogP) is 2.40. The maximum absolute atomic E-state index is 13.8. The molecule has 0 radical (unpaired) electrons. The molecule has 0 aliphatic heterocycles. The highest BCUT2D eigenvalue weighted by Crippen LogP contribution is 2.23. The number of imide groups is 1. The quantitative estimate of drug-likeness (QED) is 0.781. The molecule has 2 atom stereocenters. The molecule has 1 saturated carbocycles. The Kier molecular flexibility index (Phi) is 6.94. The number of benzene rings is 1. The van der Waals surface area contributed by atoms with Crippen LogP contribution in [0.1, 0.15) is 43.0 Å². The summed E-state index contributed by atoms with van der Waals surface area (Å²) in [5, 5.41) is 4.86. The number of hydrogen-bond acceptors (Lipinski definition) is 5. The van der Waals surface area contributed by atoms with Crippen molar-refractivity contribution in [2.45, 2.75) is 38.6 Å². The number of ether oxygens (including phenoxy) is 2. The van der Waals surface area contributed by atoms with Gasteiger partial charge in [0.05, 0.1) is 12.7 Å². The third-order valence-corrected chi connectivity index (χ3v) is 4.41. The Morgan fingerprint density at radius 3 is 2.62 bits per heavy atom. The molecule has 0 spiro atoms. The first-order valence-corrected chi connectivity index (χ1v) is 8.51. The number of carbonyl (C=O) groups is 3. The highest BCUT2D eigenvalue weighted by Gasteiger charge is 2.23. The highest BCUT2D eigenvalue weighted by atomic mass is 19.1. The summed E-state index contributed by atoms with van der Waals surface area (Å²) in [6.45, 7) is 1.37. The molecular weight excluding hydrogens is 343 g/mol. The summed E-state index contributed by atoms with van der Waals surface area (Å²) in [5.41, 5.74) is -0.320. The molecular formula is C18H23FN2O5. The van der Waals surface area contributed by atoms with Crippen molar-refractivity contribution in [3.8, 4) is 5.75 Å². The number of nitrogens with one attached hydrogen (secondary N) is 2. The smallest absolute Gasteiger partial charge is 0.341 e. The minimum Gasteiger partial charge on any atom is -0.497 e. The molecule has 2 rings (SSSR count). The Hall–Kier alpha value is -2.64. The summed E-state index contributed by atoms with van der Waals surface area (Å²) >= 11 is 0. The molecule has 0 bridgehead atoms. The highest BCUT2D eigenvalue weighted by molar-refractivity contribution is 5.97. The van der Waals surface area contributed by atoms with Gasteiger partial charge in [0.2, 0.25) is 0 Å². The van der Waals surface area contributed by atoms with Crippen LogP contribution in [0.2, 0.25) is 0 Å². The molecule has 1 aliphatic carbocycles. The summed E-state index contributed by atoms with van der Waals surface area (Å²) in [6, 6.07) is 3.03. The Morgan fingerprint density at radius 1 is 1.23 bits per heavy atom. The van der Waals surface area contributed by atoms with E-state index >= 15 is 0 Å². The molecule has 1 aromatic carbocycles. The lowest BCUT2D eigenvalue weighted by molar-refractivity contribution is -0.123. The molecule has 1 aliphatic rings. The lowest BCUT2D eigenvalue weighted by Gasteiger charge is -2.29. The van der Waals surface area contributed by atoms with Crippen LogP contribution in [-0.2, 0) is 9.53 Å². The molecule has 1 aromatic rings. The lowest BCUT2D eigenvalue weighted by atomic mass is 9.86. The Morgan fingerprint density at radius 2 is 1.96 bits per heavy atom. The topological polar surface area (TPSA) is 93.7 Å². The first kappa shape index (κ1) is 19.7. The van der Waals surface area contributed by atoms with Crippen molar-refractivity contribution in [3.05, 3.63) is 29.6 Å². The fourth-order valence-electron chi connectivity index (χ4n) is 2.90. The van der Waals surface area contributed by atoms with Gasteiger partial charge >= 0.3 is 12.0 Å². The molecule has 0 aromatic heterocycles. The largest absolute Gasteiger partial charge is 0.497 e. The molecule has 142 valence electrons. The van der Waals surface area contributed by atoms with Gasteiger partial charge in [-0.05, 0) is 30.9 Å². The minimum atomic E-state index is -0.999. The van der Waals surface area contributed by atoms with E-state index in [1.165, 1.54) is 19.2 Å². The normalized spacial score (nSPS) is 19.3. The van der Waals surface area contributed by atoms with Crippen molar-refractivity contribution in [3.63, 3.8) is 0 Å². The van der Waals surface area contributed by atoms with Gasteiger partial charge in [-0.25, -0.2) is 14.0 Å². The fraction of sp³-hybridized carbons (Fsp3) is 0.500. The zero-order valence-corrected chi connectivity index (χ0v) is 14.8. The first-order chi connectivity index (χ1) is 12.4. The van der Waals surface area contributed by atoms with Gasteiger partial charge in [0.25, 0.3) is 5.91 Å². The third kappa shape index (κ3) is 5.44. The van der Waals surface area contributed by atoms with Crippen LogP contribution >= 0.6 is 0 Å². The molecule has 2 N–H and O–H groups in total. The van der Waals surface area contributed by atoms with Gasteiger partial charge in [-0.2, -0.15) is 0 Å². The van der Waals surface area contributed by atoms with Crippen LogP contribution in [0.5, 0.6) is 5.75 Å². The van der Waals surface area contributed by atoms with Crippen LogP contribution in [0.3, 0.4) is 0 Å². The number of halogens is 1. The van der Waals surface area contributed by atoms with Gasteiger partial charge in [-0.1, -0.05) is 19.8 Å². The summed E-state index contributed by atoms with van der Waals surface area (Å²) in [5.74, 6) is -2.00. The number of carbonyl (C=O) groups excluding carboxylic acids is 3. The molecule has 26 heavy (non-hydrogen) atoms. The lowest BCUT2D eigenvalue weighted by Crippen LogP contribution is -2.48. The monoisotopic (exact) mass is 366 g/mol. The maximum atomic E-state index is 13.8. The van der Waals surface area contributed by atoms with Crippen molar-refractivity contribution >= 4 is 17.9 Å². The second-order valence-electron chi connectivity index (χ2n) is 6.31.